The van der Waals surface area contributed by atoms with Gasteiger partial charge in [0.2, 0.25) is 0 Å². The summed E-state index contributed by atoms with van der Waals surface area (Å²) >= 11 is 5.72. The molecule has 0 fully saturated rings. The SMILES string of the molecule is CC(C)C=Nc1ccc(Cl)cc1. The minimum atomic E-state index is 0.487. The minimum absolute atomic E-state index is 0.487. The Bertz CT molecular complexity index is 262. The van der Waals surface area contributed by atoms with E-state index in [0.29, 0.717) is 5.92 Å². The van der Waals surface area contributed by atoms with Crippen molar-refractivity contribution in [3.63, 3.8) is 0 Å². The van der Waals surface area contributed by atoms with Crippen molar-refractivity contribution in [2.45, 2.75) is 13.8 Å². The smallest absolute Gasteiger partial charge is 0.0626 e. The molecule has 1 nitrogen and oxygen atoms in total. The molecule has 0 saturated carbocycles. The van der Waals surface area contributed by atoms with Crippen molar-refractivity contribution < 1.29 is 0 Å². The van der Waals surface area contributed by atoms with Gasteiger partial charge in [-0.2, -0.15) is 0 Å². The van der Waals surface area contributed by atoms with Crippen LogP contribution in [0.4, 0.5) is 5.69 Å². The second kappa shape index (κ2) is 4.27. The molecule has 2 heteroatoms. The van der Waals surface area contributed by atoms with E-state index in [2.05, 4.69) is 18.8 Å². The molecule has 12 heavy (non-hydrogen) atoms. The molecule has 0 amide bonds. The van der Waals surface area contributed by atoms with Crippen molar-refractivity contribution in [3.8, 4) is 0 Å². The Hall–Kier alpha value is -0.820. The standard InChI is InChI=1S/C10H12ClN/c1-8(2)7-12-10-5-3-9(11)4-6-10/h3-8H,1-2H3. The lowest BCUT2D eigenvalue weighted by Gasteiger charge is -1.95. The van der Waals surface area contributed by atoms with Crippen molar-refractivity contribution in [1.29, 1.82) is 0 Å². The Morgan fingerprint density at radius 2 is 1.83 bits per heavy atom. The van der Waals surface area contributed by atoms with Crippen molar-refractivity contribution >= 4 is 23.5 Å². The van der Waals surface area contributed by atoms with Crippen LogP contribution in [0.2, 0.25) is 5.02 Å². The lowest BCUT2D eigenvalue weighted by molar-refractivity contribution is 0.907. The normalized spacial score (nSPS) is 11.3. The largest absolute Gasteiger partial charge is 0.261 e. The van der Waals surface area contributed by atoms with Gasteiger partial charge >= 0.3 is 0 Å². The third-order valence-corrected chi connectivity index (χ3v) is 1.60. The Morgan fingerprint density at radius 1 is 1.25 bits per heavy atom. The van der Waals surface area contributed by atoms with Crippen LogP contribution in [-0.4, -0.2) is 6.21 Å². The van der Waals surface area contributed by atoms with Crippen LogP contribution in [0, 0.1) is 5.92 Å². The Labute approximate surface area is 78.1 Å². The van der Waals surface area contributed by atoms with E-state index in [1.807, 2.05) is 30.5 Å². The average molecular weight is 182 g/mol. The van der Waals surface area contributed by atoms with E-state index in [4.69, 9.17) is 11.6 Å². The first kappa shape index (κ1) is 9.27. The predicted molar refractivity (Wildman–Crippen MR) is 54.4 cm³/mol. The van der Waals surface area contributed by atoms with E-state index in [-0.39, 0.29) is 0 Å². The zero-order valence-electron chi connectivity index (χ0n) is 7.29. The van der Waals surface area contributed by atoms with Crippen molar-refractivity contribution in [2.75, 3.05) is 0 Å². The molecule has 0 heterocycles. The highest BCUT2D eigenvalue weighted by atomic mass is 35.5. The average Bonchev–Trinajstić information content (AvgIpc) is 2.03. The maximum absolute atomic E-state index is 5.72. The molecule has 1 rings (SSSR count). The van der Waals surface area contributed by atoms with E-state index in [1.165, 1.54) is 0 Å². The fourth-order valence-corrected chi connectivity index (χ4v) is 0.888. The van der Waals surface area contributed by atoms with Gasteiger partial charge in [-0.15, -0.1) is 0 Å². The Morgan fingerprint density at radius 3 is 2.33 bits per heavy atom. The zero-order valence-corrected chi connectivity index (χ0v) is 8.05. The lowest BCUT2D eigenvalue weighted by Crippen LogP contribution is -1.85. The van der Waals surface area contributed by atoms with Gasteiger partial charge in [0.25, 0.3) is 0 Å². The first-order chi connectivity index (χ1) is 5.68. The second-order valence-corrected chi connectivity index (χ2v) is 3.44. The molecule has 0 N–H and O–H groups in total. The summed E-state index contributed by atoms with van der Waals surface area (Å²) in [5, 5.41) is 0.749. The van der Waals surface area contributed by atoms with E-state index in [0.717, 1.165) is 10.7 Å². The maximum atomic E-state index is 5.72. The predicted octanol–water partition coefficient (Wildman–Crippen LogP) is 3.70. The molecule has 0 radical (unpaired) electrons. The van der Waals surface area contributed by atoms with Gasteiger partial charge in [-0.3, -0.25) is 4.99 Å². The van der Waals surface area contributed by atoms with Gasteiger partial charge in [0, 0.05) is 11.2 Å². The molecule has 0 aliphatic heterocycles. The highest BCUT2D eigenvalue weighted by molar-refractivity contribution is 6.30. The van der Waals surface area contributed by atoms with Gasteiger partial charge in [0.15, 0.2) is 0 Å². The fourth-order valence-electron chi connectivity index (χ4n) is 0.762. The number of halogens is 1. The van der Waals surface area contributed by atoms with Gasteiger partial charge in [-0.25, -0.2) is 0 Å². The molecule has 0 aliphatic rings. The number of rotatable bonds is 2. The topological polar surface area (TPSA) is 12.4 Å². The molecule has 0 saturated heterocycles. The molecule has 0 aromatic heterocycles. The molecule has 0 spiro atoms. The van der Waals surface area contributed by atoms with Crippen LogP contribution in [-0.2, 0) is 0 Å². The van der Waals surface area contributed by atoms with Crippen LogP contribution in [0.5, 0.6) is 0 Å². The van der Waals surface area contributed by atoms with E-state index < -0.39 is 0 Å². The Balaban J connectivity index is 2.71. The third kappa shape index (κ3) is 3.05. The second-order valence-electron chi connectivity index (χ2n) is 3.00. The number of hydrogen-bond acceptors (Lipinski definition) is 1. The quantitative estimate of drug-likeness (QED) is 0.617. The van der Waals surface area contributed by atoms with Crippen LogP contribution >= 0.6 is 11.6 Å². The maximum Gasteiger partial charge on any atom is 0.0626 e. The van der Waals surface area contributed by atoms with Crippen LogP contribution < -0.4 is 0 Å². The molecule has 0 atom stereocenters. The van der Waals surface area contributed by atoms with Crippen LogP contribution in [0.15, 0.2) is 29.3 Å². The summed E-state index contributed by atoms with van der Waals surface area (Å²) in [5.74, 6) is 0.487. The molecular formula is C10H12ClN. The molecule has 0 aliphatic carbocycles. The lowest BCUT2D eigenvalue weighted by atomic mass is 10.2. The molecule has 0 bridgehead atoms. The summed E-state index contributed by atoms with van der Waals surface area (Å²) in [4.78, 5) is 4.26. The first-order valence-corrected chi connectivity index (χ1v) is 4.36. The van der Waals surface area contributed by atoms with Crippen molar-refractivity contribution in [2.24, 2.45) is 10.9 Å². The number of aliphatic imine (C=N–C) groups is 1. The number of hydrogen-bond donors (Lipinski definition) is 0. The first-order valence-electron chi connectivity index (χ1n) is 3.98. The van der Waals surface area contributed by atoms with Gasteiger partial charge in [-0.05, 0) is 30.2 Å². The molecule has 64 valence electrons. The molecule has 1 aromatic rings. The monoisotopic (exact) mass is 181 g/mol. The highest BCUT2D eigenvalue weighted by Gasteiger charge is 1.89. The van der Waals surface area contributed by atoms with E-state index >= 15 is 0 Å². The minimum Gasteiger partial charge on any atom is -0.261 e. The summed E-state index contributed by atoms with van der Waals surface area (Å²) in [6.07, 6.45) is 1.92. The molecule has 1 aromatic carbocycles. The summed E-state index contributed by atoms with van der Waals surface area (Å²) in [5.41, 5.74) is 0.952. The number of benzene rings is 1. The summed E-state index contributed by atoms with van der Waals surface area (Å²) < 4.78 is 0. The third-order valence-electron chi connectivity index (χ3n) is 1.35. The van der Waals surface area contributed by atoms with Crippen LogP contribution in [0.1, 0.15) is 13.8 Å². The number of nitrogens with zero attached hydrogens (tertiary/aromatic N) is 1. The summed E-state index contributed by atoms with van der Waals surface area (Å²) in [7, 11) is 0. The van der Waals surface area contributed by atoms with E-state index in [9.17, 15) is 0 Å². The van der Waals surface area contributed by atoms with Gasteiger partial charge in [-0.1, -0.05) is 25.4 Å². The highest BCUT2D eigenvalue weighted by Crippen LogP contribution is 2.15. The zero-order chi connectivity index (χ0) is 8.97. The summed E-state index contributed by atoms with van der Waals surface area (Å²) in [6.45, 7) is 4.19. The van der Waals surface area contributed by atoms with Crippen LogP contribution in [0.25, 0.3) is 0 Å². The van der Waals surface area contributed by atoms with Crippen LogP contribution in [0.3, 0.4) is 0 Å². The van der Waals surface area contributed by atoms with Gasteiger partial charge in [0.1, 0.15) is 0 Å². The molecular weight excluding hydrogens is 170 g/mol. The van der Waals surface area contributed by atoms with Crippen molar-refractivity contribution in [1.82, 2.24) is 0 Å². The van der Waals surface area contributed by atoms with E-state index in [1.54, 1.807) is 0 Å². The fraction of sp³-hybridized carbons (Fsp3) is 0.300. The van der Waals surface area contributed by atoms with Crippen molar-refractivity contribution in [3.05, 3.63) is 29.3 Å². The van der Waals surface area contributed by atoms with Gasteiger partial charge in [0.05, 0.1) is 5.69 Å². The summed E-state index contributed by atoms with van der Waals surface area (Å²) in [6, 6.07) is 7.49. The van der Waals surface area contributed by atoms with Gasteiger partial charge < -0.3 is 0 Å². The molecule has 0 unspecified atom stereocenters. The Kier molecular flexibility index (Phi) is 3.30.